The fraction of sp³-hybridized carbons (Fsp3) is 0.474. The van der Waals surface area contributed by atoms with Crippen molar-refractivity contribution in [1.82, 2.24) is 20.2 Å². The third kappa shape index (κ3) is 3.34. The highest BCUT2D eigenvalue weighted by Gasteiger charge is 2.27. The molecular weight excluding hydrogens is 300 g/mol. The Morgan fingerprint density at radius 3 is 2.75 bits per heavy atom. The van der Waals surface area contributed by atoms with Crippen LogP contribution in [0.4, 0.5) is 0 Å². The van der Waals surface area contributed by atoms with Crippen LogP contribution in [0.2, 0.25) is 0 Å². The van der Waals surface area contributed by atoms with Crippen molar-refractivity contribution in [2.45, 2.75) is 32.0 Å². The second-order valence-corrected chi connectivity index (χ2v) is 6.86. The monoisotopic (exact) mass is 324 g/mol. The molecule has 1 aromatic heterocycles. The zero-order chi connectivity index (χ0) is 16.4. The van der Waals surface area contributed by atoms with E-state index in [9.17, 15) is 5.11 Å². The van der Waals surface area contributed by atoms with Gasteiger partial charge in [-0.1, -0.05) is 30.3 Å². The molecule has 0 spiro atoms. The molecule has 1 aromatic carbocycles. The van der Waals surface area contributed by atoms with Gasteiger partial charge in [-0.3, -0.25) is 4.90 Å². The molecule has 5 nitrogen and oxygen atoms in total. The van der Waals surface area contributed by atoms with Crippen molar-refractivity contribution >= 4 is 0 Å². The maximum atomic E-state index is 10.5. The molecule has 0 radical (unpaired) electrons. The smallest absolute Gasteiger partial charge is 0.159 e. The summed E-state index contributed by atoms with van der Waals surface area (Å²) in [5.74, 6) is 1.20. The van der Waals surface area contributed by atoms with E-state index in [0.29, 0.717) is 5.92 Å². The molecule has 1 unspecified atom stereocenters. The summed E-state index contributed by atoms with van der Waals surface area (Å²) in [4.78, 5) is 11.6. The largest absolute Gasteiger partial charge is 0.392 e. The number of aromatic nitrogens is 2. The number of nitrogens with one attached hydrogen (secondary N) is 1. The molecule has 1 fully saturated rings. The number of benzene rings is 1. The number of hydrogen-bond acceptors (Lipinski definition) is 5. The third-order valence-electron chi connectivity index (χ3n) is 5.13. The van der Waals surface area contributed by atoms with E-state index in [1.807, 2.05) is 36.5 Å². The van der Waals surface area contributed by atoms with E-state index in [1.165, 1.54) is 5.56 Å². The minimum absolute atomic E-state index is 0.247. The molecular formula is C19H24N4O. The van der Waals surface area contributed by atoms with Crippen LogP contribution in [0.25, 0.3) is 11.4 Å². The van der Waals surface area contributed by atoms with Crippen LogP contribution < -0.4 is 5.32 Å². The minimum atomic E-state index is -0.247. The molecule has 2 aromatic rings. The first-order valence-electron chi connectivity index (χ1n) is 8.81. The summed E-state index contributed by atoms with van der Waals surface area (Å²) in [5, 5.41) is 13.9. The van der Waals surface area contributed by atoms with Crippen molar-refractivity contribution in [1.29, 1.82) is 0 Å². The second-order valence-electron chi connectivity index (χ2n) is 6.86. The molecule has 2 aliphatic heterocycles. The highest BCUT2D eigenvalue weighted by Crippen LogP contribution is 2.25. The topological polar surface area (TPSA) is 61.3 Å². The van der Waals surface area contributed by atoms with Crippen LogP contribution in [-0.2, 0) is 13.1 Å². The van der Waals surface area contributed by atoms with Gasteiger partial charge >= 0.3 is 0 Å². The number of aliphatic hydroxyl groups excluding tert-OH is 1. The molecule has 24 heavy (non-hydrogen) atoms. The zero-order valence-electron chi connectivity index (χ0n) is 13.9. The summed E-state index contributed by atoms with van der Waals surface area (Å²) in [6.07, 6.45) is 3.84. The van der Waals surface area contributed by atoms with Crippen LogP contribution in [0.1, 0.15) is 24.1 Å². The summed E-state index contributed by atoms with van der Waals surface area (Å²) in [5.41, 5.74) is 3.34. The van der Waals surface area contributed by atoms with Crippen LogP contribution in [-0.4, -0.2) is 45.7 Å². The fourth-order valence-electron chi connectivity index (χ4n) is 3.72. The zero-order valence-corrected chi connectivity index (χ0v) is 13.9. The quantitative estimate of drug-likeness (QED) is 0.898. The van der Waals surface area contributed by atoms with Crippen molar-refractivity contribution in [2.75, 3.05) is 19.6 Å². The number of hydrogen-bond donors (Lipinski definition) is 2. The molecule has 3 heterocycles. The van der Waals surface area contributed by atoms with Gasteiger partial charge in [0, 0.05) is 37.0 Å². The lowest BCUT2D eigenvalue weighted by molar-refractivity contribution is 0.0493. The maximum absolute atomic E-state index is 10.5. The normalized spacial score (nSPS) is 20.0. The average molecular weight is 324 g/mol. The van der Waals surface area contributed by atoms with E-state index in [0.717, 1.165) is 62.6 Å². The van der Waals surface area contributed by atoms with Gasteiger partial charge in [-0.25, -0.2) is 9.97 Å². The Bertz CT molecular complexity index is 685. The molecule has 0 bridgehead atoms. The highest BCUT2D eigenvalue weighted by atomic mass is 16.3. The second kappa shape index (κ2) is 6.97. The van der Waals surface area contributed by atoms with Crippen LogP contribution in [0.5, 0.6) is 0 Å². The van der Waals surface area contributed by atoms with Gasteiger partial charge < -0.3 is 10.4 Å². The van der Waals surface area contributed by atoms with Gasteiger partial charge in [-0.15, -0.1) is 0 Å². The van der Waals surface area contributed by atoms with Crippen LogP contribution in [0.15, 0.2) is 36.5 Å². The summed E-state index contributed by atoms with van der Waals surface area (Å²) in [6.45, 7) is 4.41. The Hall–Kier alpha value is -1.82. The van der Waals surface area contributed by atoms with Crippen LogP contribution >= 0.6 is 0 Å². The summed E-state index contributed by atoms with van der Waals surface area (Å²) < 4.78 is 0. The molecule has 0 saturated carbocycles. The van der Waals surface area contributed by atoms with Gasteiger partial charge in [0.2, 0.25) is 0 Å². The molecule has 5 heteroatoms. The predicted octanol–water partition coefficient (Wildman–Crippen LogP) is 1.82. The highest BCUT2D eigenvalue weighted by molar-refractivity contribution is 5.54. The fourth-order valence-corrected chi connectivity index (χ4v) is 3.72. The first-order chi connectivity index (χ1) is 11.8. The summed E-state index contributed by atoms with van der Waals surface area (Å²) in [6, 6.07) is 10.1. The number of piperidine rings is 1. The van der Waals surface area contributed by atoms with E-state index in [-0.39, 0.29) is 6.10 Å². The van der Waals surface area contributed by atoms with Gasteiger partial charge in [0.05, 0.1) is 11.8 Å². The van der Waals surface area contributed by atoms with Gasteiger partial charge in [-0.2, -0.15) is 0 Å². The van der Waals surface area contributed by atoms with E-state index in [4.69, 9.17) is 4.98 Å². The Morgan fingerprint density at radius 2 is 1.96 bits per heavy atom. The lowest BCUT2D eigenvalue weighted by Crippen LogP contribution is -2.39. The van der Waals surface area contributed by atoms with Crippen LogP contribution in [0, 0.1) is 5.92 Å². The van der Waals surface area contributed by atoms with E-state index in [2.05, 4.69) is 15.2 Å². The van der Waals surface area contributed by atoms with Gasteiger partial charge in [-0.05, 0) is 31.8 Å². The van der Waals surface area contributed by atoms with Crippen molar-refractivity contribution in [3.8, 4) is 11.4 Å². The van der Waals surface area contributed by atoms with Gasteiger partial charge in [0.1, 0.15) is 0 Å². The molecule has 0 amide bonds. The maximum Gasteiger partial charge on any atom is 0.159 e. The first kappa shape index (κ1) is 15.7. The minimum Gasteiger partial charge on any atom is -0.392 e. The lowest BCUT2D eigenvalue weighted by Gasteiger charge is -2.29. The molecule has 0 aliphatic carbocycles. The molecule has 2 N–H and O–H groups in total. The van der Waals surface area contributed by atoms with E-state index < -0.39 is 0 Å². The number of nitrogens with zero attached hydrogens (tertiary/aromatic N) is 3. The Kier molecular flexibility index (Phi) is 4.56. The van der Waals surface area contributed by atoms with E-state index in [1.54, 1.807) is 0 Å². The molecule has 126 valence electrons. The molecule has 4 rings (SSSR count). The van der Waals surface area contributed by atoms with Gasteiger partial charge in [0.15, 0.2) is 5.82 Å². The number of β-amino-alcohol motifs (C(OH)–C–C–N with tert-alkyl or cyclic N) is 1. The van der Waals surface area contributed by atoms with E-state index >= 15 is 0 Å². The summed E-state index contributed by atoms with van der Waals surface area (Å²) >= 11 is 0. The van der Waals surface area contributed by atoms with Crippen molar-refractivity contribution < 1.29 is 5.11 Å². The Morgan fingerprint density at radius 1 is 1.17 bits per heavy atom. The predicted molar refractivity (Wildman–Crippen MR) is 93.2 cm³/mol. The van der Waals surface area contributed by atoms with Crippen molar-refractivity contribution in [3.05, 3.63) is 47.8 Å². The third-order valence-corrected chi connectivity index (χ3v) is 5.13. The number of rotatable bonds is 4. The molecule has 1 saturated heterocycles. The van der Waals surface area contributed by atoms with Crippen LogP contribution in [0.3, 0.4) is 0 Å². The van der Waals surface area contributed by atoms with Crippen molar-refractivity contribution in [3.63, 3.8) is 0 Å². The Labute approximate surface area is 142 Å². The molecule has 1 atom stereocenters. The standard InChI is InChI=1S/C19H24N4O/c24-18(14-6-8-20-9-7-14)13-23-11-16-10-21-19(22-17(16)12-23)15-4-2-1-3-5-15/h1-5,10,14,18,20,24H,6-9,11-13H2. The van der Waals surface area contributed by atoms with Gasteiger partial charge in [0.25, 0.3) is 0 Å². The number of fused-ring (bicyclic) bond motifs is 1. The summed E-state index contributed by atoms with van der Waals surface area (Å²) in [7, 11) is 0. The molecule has 2 aliphatic rings. The average Bonchev–Trinajstić information content (AvgIpc) is 3.04. The van der Waals surface area contributed by atoms with Crippen molar-refractivity contribution in [2.24, 2.45) is 5.92 Å². The Balaban J connectivity index is 1.42. The number of aliphatic hydroxyl groups is 1. The first-order valence-corrected chi connectivity index (χ1v) is 8.81. The lowest BCUT2D eigenvalue weighted by atomic mass is 9.92. The SMILES string of the molecule is OC(CN1Cc2cnc(-c3ccccc3)nc2C1)C1CCNCC1.